The molecule has 0 saturated carbocycles. The number of alkyl halides is 1. The molecule has 0 aromatic heterocycles. The zero-order chi connectivity index (χ0) is 11.1. The summed E-state index contributed by atoms with van der Waals surface area (Å²) in [5.41, 5.74) is 0. The fourth-order valence-corrected chi connectivity index (χ4v) is 2.53. The van der Waals surface area contributed by atoms with E-state index in [1.54, 1.807) is 0 Å². The second-order valence-electron chi connectivity index (χ2n) is 4.86. The maximum Gasteiger partial charge on any atom is 0.0379 e. The van der Waals surface area contributed by atoms with Crippen LogP contribution in [0.2, 0.25) is 0 Å². The number of nitrogens with one attached hydrogen (secondary N) is 1. The van der Waals surface area contributed by atoms with Gasteiger partial charge in [0.25, 0.3) is 0 Å². The van der Waals surface area contributed by atoms with Gasteiger partial charge in [-0.2, -0.15) is 0 Å². The zero-order valence-corrected chi connectivity index (χ0v) is 10.9. The molecule has 1 unspecified atom stereocenters. The van der Waals surface area contributed by atoms with Crippen molar-refractivity contribution in [1.82, 2.24) is 10.2 Å². The molecule has 15 heavy (non-hydrogen) atoms. The van der Waals surface area contributed by atoms with Crippen molar-refractivity contribution < 1.29 is 0 Å². The standard InChI is InChI=1S/C12H25ClN2/c1-11(2)12(10-13)14-6-5-9-15-7-3-4-8-15/h11-12,14H,3-10H2,1-2H3. The summed E-state index contributed by atoms with van der Waals surface area (Å²) in [6.45, 7) is 9.42. The van der Waals surface area contributed by atoms with Crippen molar-refractivity contribution in [1.29, 1.82) is 0 Å². The minimum Gasteiger partial charge on any atom is -0.312 e. The second-order valence-corrected chi connectivity index (χ2v) is 5.17. The van der Waals surface area contributed by atoms with Crippen LogP contribution in [-0.2, 0) is 0 Å². The summed E-state index contributed by atoms with van der Waals surface area (Å²) < 4.78 is 0. The van der Waals surface area contributed by atoms with Gasteiger partial charge in [-0.25, -0.2) is 0 Å². The van der Waals surface area contributed by atoms with E-state index in [1.807, 2.05) is 0 Å². The van der Waals surface area contributed by atoms with Gasteiger partial charge in [-0.3, -0.25) is 0 Å². The molecule has 1 rings (SSSR count). The third-order valence-corrected chi connectivity index (χ3v) is 3.56. The van der Waals surface area contributed by atoms with Gasteiger partial charge in [0.15, 0.2) is 0 Å². The van der Waals surface area contributed by atoms with Crippen LogP contribution in [0.1, 0.15) is 33.1 Å². The first-order valence-electron chi connectivity index (χ1n) is 6.25. The highest BCUT2D eigenvalue weighted by atomic mass is 35.5. The molecule has 3 heteroatoms. The van der Waals surface area contributed by atoms with Crippen LogP contribution < -0.4 is 5.32 Å². The number of nitrogens with zero attached hydrogens (tertiary/aromatic N) is 1. The van der Waals surface area contributed by atoms with Crippen LogP contribution in [0.4, 0.5) is 0 Å². The molecule has 1 atom stereocenters. The Kier molecular flexibility index (Phi) is 6.62. The van der Waals surface area contributed by atoms with Crippen molar-refractivity contribution in [3.63, 3.8) is 0 Å². The smallest absolute Gasteiger partial charge is 0.0379 e. The molecule has 2 nitrogen and oxygen atoms in total. The molecule has 90 valence electrons. The van der Waals surface area contributed by atoms with Crippen molar-refractivity contribution in [2.45, 2.75) is 39.2 Å². The summed E-state index contributed by atoms with van der Waals surface area (Å²) in [7, 11) is 0. The summed E-state index contributed by atoms with van der Waals surface area (Å²) in [4.78, 5) is 2.56. The average molecular weight is 233 g/mol. The normalized spacial score (nSPS) is 20.0. The minimum absolute atomic E-state index is 0.477. The van der Waals surface area contributed by atoms with E-state index in [0.717, 1.165) is 12.4 Å². The molecule has 0 aromatic rings. The van der Waals surface area contributed by atoms with Crippen molar-refractivity contribution in [2.24, 2.45) is 5.92 Å². The maximum absolute atomic E-state index is 5.90. The molecule has 0 spiro atoms. The quantitative estimate of drug-likeness (QED) is 0.536. The third kappa shape index (κ3) is 5.19. The lowest BCUT2D eigenvalue weighted by atomic mass is 10.1. The fourth-order valence-electron chi connectivity index (χ4n) is 2.06. The van der Waals surface area contributed by atoms with E-state index in [1.165, 1.54) is 38.9 Å². The number of hydrogen-bond donors (Lipinski definition) is 1. The predicted molar refractivity (Wildman–Crippen MR) is 67.6 cm³/mol. The molecule has 0 aliphatic carbocycles. The lowest BCUT2D eigenvalue weighted by Crippen LogP contribution is -2.37. The molecule has 1 fully saturated rings. The van der Waals surface area contributed by atoms with Crippen LogP contribution in [0.15, 0.2) is 0 Å². The lowest BCUT2D eigenvalue weighted by Gasteiger charge is -2.21. The molecule has 0 amide bonds. The average Bonchev–Trinajstić information content (AvgIpc) is 2.70. The van der Waals surface area contributed by atoms with Crippen LogP contribution in [-0.4, -0.2) is 43.0 Å². The molecule has 0 radical (unpaired) electrons. The van der Waals surface area contributed by atoms with Crippen molar-refractivity contribution in [3.8, 4) is 0 Å². The summed E-state index contributed by atoms with van der Waals surface area (Å²) in [5, 5.41) is 3.53. The fraction of sp³-hybridized carbons (Fsp3) is 1.00. The van der Waals surface area contributed by atoms with Crippen LogP contribution in [0.25, 0.3) is 0 Å². The van der Waals surface area contributed by atoms with Gasteiger partial charge in [-0.05, 0) is 51.4 Å². The zero-order valence-electron chi connectivity index (χ0n) is 10.1. The summed E-state index contributed by atoms with van der Waals surface area (Å²) in [6, 6.07) is 0.477. The highest BCUT2D eigenvalue weighted by molar-refractivity contribution is 6.18. The van der Waals surface area contributed by atoms with Gasteiger partial charge in [0.1, 0.15) is 0 Å². The van der Waals surface area contributed by atoms with E-state index in [9.17, 15) is 0 Å². The molecule has 1 aliphatic rings. The van der Waals surface area contributed by atoms with Gasteiger partial charge in [-0.1, -0.05) is 13.8 Å². The topological polar surface area (TPSA) is 15.3 Å². The molecular formula is C12H25ClN2. The van der Waals surface area contributed by atoms with Gasteiger partial charge in [-0.15, -0.1) is 11.6 Å². The van der Waals surface area contributed by atoms with E-state index >= 15 is 0 Å². The second kappa shape index (κ2) is 7.48. The SMILES string of the molecule is CC(C)C(CCl)NCCCN1CCCC1. The Hall–Kier alpha value is 0.210. The monoisotopic (exact) mass is 232 g/mol. The maximum atomic E-state index is 5.90. The van der Waals surface area contributed by atoms with Gasteiger partial charge >= 0.3 is 0 Å². The van der Waals surface area contributed by atoms with Crippen molar-refractivity contribution >= 4 is 11.6 Å². The summed E-state index contributed by atoms with van der Waals surface area (Å²) >= 11 is 5.90. The molecular weight excluding hydrogens is 208 g/mol. The Labute approximate surface area is 99.4 Å². The number of halogens is 1. The number of rotatable bonds is 7. The molecule has 1 heterocycles. The van der Waals surface area contributed by atoms with E-state index < -0.39 is 0 Å². The van der Waals surface area contributed by atoms with E-state index in [2.05, 4.69) is 24.1 Å². The Balaban J connectivity index is 1.99. The Morgan fingerprint density at radius 1 is 1.27 bits per heavy atom. The molecule has 1 aliphatic heterocycles. The Bertz CT molecular complexity index is 156. The summed E-state index contributed by atoms with van der Waals surface area (Å²) in [6.07, 6.45) is 4.04. The highest BCUT2D eigenvalue weighted by Gasteiger charge is 2.12. The first-order chi connectivity index (χ1) is 7.24. The number of hydrogen-bond acceptors (Lipinski definition) is 2. The Morgan fingerprint density at radius 2 is 1.93 bits per heavy atom. The summed E-state index contributed by atoms with van der Waals surface area (Å²) in [5.74, 6) is 1.36. The molecule has 0 bridgehead atoms. The van der Waals surface area contributed by atoms with Gasteiger partial charge < -0.3 is 10.2 Å². The number of likely N-dealkylation sites (tertiary alicyclic amines) is 1. The molecule has 1 N–H and O–H groups in total. The van der Waals surface area contributed by atoms with Crippen LogP contribution in [0.3, 0.4) is 0 Å². The largest absolute Gasteiger partial charge is 0.312 e. The lowest BCUT2D eigenvalue weighted by molar-refractivity contribution is 0.323. The van der Waals surface area contributed by atoms with E-state index in [-0.39, 0.29) is 0 Å². The third-order valence-electron chi connectivity index (χ3n) is 3.23. The van der Waals surface area contributed by atoms with Gasteiger partial charge in [0.05, 0.1) is 0 Å². The van der Waals surface area contributed by atoms with Crippen molar-refractivity contribution in [2.75, 3.05) is 32.1 Å². The highest BCUT2D eigenvalue weighted by Crippen LogP contribution is 2.07. The minimum atomic E-state index is 0.477. The first-order valence-corrected chi connectivity index (χ1v) is 6.79. The van der Waals surface area contributed by atoms with Gasteiger partial charge in [0.2, 0.25) is 0 Å². The molecule has 1 saturated heterocycles. The van der Waals surface area contributed by atoms with Crippen LogP contribution >= 0.6 is 11.6 Å². The van der Waals surface area contributed by atoms with Crippen molar-refractivity contribution in [3.05, 3.63) is 0 Å². The first kappa shape index (κ1) is 13.3. The van der Waals surface area contributed by atoms with Crippen LogP contribution in [0, 0.1) is 5.92 Å². The van der Waals surface area contributed by atoms with E-state index in [4.69, 9.17) is 11.6 Å². The molecule has 0 aromatic carbocycles. The van der Waals surface area contributed by atoms with Crippen LogP contribution in [0.5, 0.6) is 0 Å². The Morgan fingerprint density at radius 3 is 2.47 bits per heavy atom. The van der Waals surface area contributed by atoms with E-state index in [0.29, 0.717) is 12.0 Å². The van der Waals surface area contributed by atoms with Gasteiger partial charge in [0, 0.05) is 11.9 Å². The predicted octanol–water partition coefficient (Wildman–Crippen LogP) is 2.33.